The van der Waals surface area contributed by atoms with E-state index in [2.05, 4.69) is 10.1 Å². The predicted molar refractivity (Wildman–Crippen MR) is 118 cm³/mol. The molecule has 1 saturated heterocycles. The fourth-order valence-electron chi connectivity index (χ4n) is 4.40. The van der Waals surface area contributed by atoms with E-state index in [1.165, 1.54) is 6.07 Å². The Morgan fingerprint density at radius 2 is 2.16 bits per heavy atom. The molecule has 0 amide bonds. The summed E-state index contributed by atoms with van der Waals surface area (Å²) in [6, 6.07) is 10.8. The van der Waals surface area contributed by atoms with E-state index < -0.39 is 10.9 Å². The molecule has 3 heterocycles. The average molecular weight is 434 g/mol. The average Bonchev–Trinajstić information content (AvgIpc) is 3.41. The zero-order valence-corrected chi connectivity index (χ0v) is 17.5. The lowest BCUT2D eigenvalue weighted by atomic mass is 9.99. The van der Waals surface area contributed by atoms with Crippen molar-refractivity contribution in [3.05, 3.63) is 58.4 Å². The molecule has 164 valence electrons. The molecule has 1 unspecified atom stereocenters. The Hall–Kier alpha value is -3.72. The standard InChI is InChI=1S/C23H22N4O5/c1-2-31-23(28)21-18(14-8-4-3-5-9-14)19-20(25-21)16(27(29)30)12-15-13-24-26(22(15)19)17-10-6-7-11-32-17/h3-5,8-9,12-13,17,24H,2,6-7,10-11H2,1H3. The smallest absolute Gasteiger partial charge is 0.357 e. The SMILES string of the molecule is CCOC(=O)c1nc2c([N+](=O)[O-])cc3c[nH]n(C4CCCCO4)c3c2c1-c1ccccc1. The molecule has 0 bridgehead atoms. The Kier molecular flexibility index (Phi) is 5.10. The Bertz CT molecular complexity index is 1320. The highest BCUT2D eigenvalue weighted by Gasteiger charge is 2.31. The van der Waals surface area contributed by atoms with E-state index in [0.29, 0.717) is 22.9 Å². The summed E-state index contributed by atoms with van der Waals surface area (Å²) < 4.78 is 13.1. The highest BCUT2D eigenvalue weighted by atomic mass is 16.6. The van der Waals surface area contributed by atoms with Crippen molar-refractivity contribution in [1.82, 2.24) is 14.8 Å². The molecule has 1 fully saturated rings. The van der Waals surface area contributed by atoms with Crippen molar-refractivity contribution in [1.29, 1.82) is 0 Å². The number of nitro groups is 1. The Balaban J connectivity index is 1.91. The molecule has 1 aliphatic heterocycles. The van der Waals surface area contributed by atoms with Crippen LogP contribution in [-0.4, -0.2) is 38.9 Å². The first-order chi connectivity index (χ1) is 15.6. The van der Waals surface area contributed by atoms with Crippen molar-refractivity contribution in [2.24, 2.45) is 0 Å². The summed E-state index contributed by atoms with van der Waals surface area (Å²) in [7, 11) is 0. The van der Waals surface area contributed by atoms with Crippen LogP contribution < -0.4 is 0 Å². The zero-order valence-electron chi connectivity index (χ0n) is 17.5. The van der Waals surface area contributed by atoms with E-state index in [4.69, 9.17) is 9.47 Å². The molecule has 0 radical (unpaired) electrons. The number of aromatic amines is 1. The molecule has 0 aliphatic carbocycles. The van der Waals surface area contributed by atoms with Gasteiger partial charge in [-0.15, -0.1) is 0 Å². The molecule has 9 nitrogen and oxygen atoms in total. The van der Waals surface area contributed by atoms with Crippen LogP contribution >= 0.6 is 0 Å². The summed E-state index contributed by atoms with van der Waals surface area (Å²) >= 11 is 0. The van der Waals surface area contributed by atoms with Gasteiger partial charge in [-0.05, 0) is 31.7 Å². The number of rotatable bonds is 5. The number of carbonyl (C=O) groups excluding carboxylic acids is 1. The largest absolute Gasteiger partial charge is 0.461 e. The van der Waals surface area contributed by atoms with Gasteiger partial charge in [0.25, 0.3) is 5.69 Å². The van der Waals surface area contributed by atoms with Crippen LogP contribution in [0.4, 0.5) is 5.69 Å². The minimum atomic E-state index is -0.610. The number of ether oxygens (including phenoxy) is 2. The van der Waals surface area contributed by atoms with Crippen molar-refractivity contribution in [3.63, 3.8) is 0 Å². The minimum absolute atomic E-state index is 0.0703. The number of hydrogen-bond donors (Lipinski definition) is 1. The van der Waals surface area contributed by atoms with Gasteiger partial charge < -0.3 is 14.6 Å². The fourth-order valence-corrected chi connectivity index (χ4v) is 4.40. The Morgan fingerprint density at radius 1 is 1.34 bits per heavy atom. The number of aromatic nitrogens is 3. The molecule has 0 saturated carbocycles. The van der Waals surface area contributed by atoms with Gasteiger partial charge in [-0.25, -0.2) is 9.78 Å². The van der Waals surface area contributed by atoms with Crippen molar-refractivity contribution in [3.8, 4) is 11.1 Å². The fraction of sp³-hybridized carbons (Fsp3) is 0.304. The van der Waals surface area contributed by atoms with Gasteiger partial charge in [-0.2, -0.15) is 0 Å². The molecule has 32 heavy (non-hydrogen) atoms. The first kappa shape index (κ1) is 20.2. The highest BCUT2D eigenvalue weighted by Crippen LogP contribution is 2.43. The Morgan fingerprint density at radius 3 is 2.84 bits per heavy atom. The monoisotopic (exact) mass is 434 g/mol. The molecule has 0 spiro atoms. The maximum atomic E-state index is 12.9. The molecule has 2 aromatic heterocycles. The van der Waals surface area contributed by atoms with Gasteiger partial charge in [-0.1, -0.05) is 30.3 Å². The highest BCUT2D eigenvalue weighted by molar-refractivity contribution is 6.20. The first-order valence-electron chi connectivity index (χ1n) is 10.6. The normalized spacial score (nSPS) is 16.5. The molecule has 1 aliphatic rings. The number of carbonyl (C=O) groups is 1. The molecule has 4 aromatic rings. The number of H-pyrrole nitrogens is 1. The number of nitrogens with zero attached hydrogens (tertiary/aromatic N) is 3. The van der Waals surface area contributed by atoms with Crippen LogP contribution in [-0.2, 0) is 9.47 Å². The van der Waals surface area contributed by atoms with Crippen molar-refractivity contribution >= 4 is 33.5 Å². The third-order valence-corrected chi connectivity index (χ3v) is 5.76. The van der Waals surface area contributed by atoms with E-state index in [-0.39, 0.29) is 29.7 Å². The lowest BCUT2D eigenvalue weighted by Crippen LogP contribution is -2.19. The van der Waals surface area contributed by atoms with Crippen LogP contribution in [0.1, 0.15) is 42.9 Å². The van der Waals surface area contributed by atoms with Crippen LogP contribution in [0.2, 0.25) is 0 Å². The summed E-state index contributed by atoms with van der Waals surface area (Å²) in [6.07, 6.45) is 4.34. The molecular weight excluding hydrogens is 412 g/mol. The van der Waals surface area contributed by atoms with Gasteiger partial charge in [0, 0.05) is 35.2 Å². The predicted octanol–water partition coefficient (Wildman–Crippen LogP) is 4.97. The summed E-state index contributed by atoms with van der Waals surface area (Å²) in [5.41, 5.74) is 2.05. The summed E-state index contributed by atoms with van der Waals surface area (Å²) in [5.74, 6) is -0.610. The number of nitro benzene ring substituents is 1. The van der Waals surface area contributed by atoms with E-state index in [9.17, 15) is 14.9 Å². The van der Waals surface area contributed by atoms with Gasteiger partial charge in [0.2, 0.25) is 0 Å². The summed E-state index contributed by atoms with van der Waals surface area (Å²) in [6.45, 7) is 2.53. The van der Waals surface area contributed by atoms with Crippen molar-refractivity contribution < 1.29 is 19.2 Å². The molecule has 1 atom stereocenters. The van der Waals surface area contributed by atoms with E-state index in [0.717, 1.165) is 30.3 Å². The van der Waals surface area contributed by atoms with Gasteiger partial charge in [-0.3, -0.25) is 14.8 Å². The number of nitrogens with one attached hydrogen (secondary N) is 1. The van der Waals surface area contributed by atoms with Gasteiger partial charge in [0.1, 0.15) is 6.23 Å². The number of hydrogen-bond acceptors (Lipinski definition) is 6. The van der Waals surface area contributed by atoms with Crippen molar-refractivity contribution in [2.45, 2.75) is 32.4 Å². The summed E-state index contributed by atoms with van der Waals surface area (Å²) in [5, 5.41) is 16.3. The van der Waals surface area contributed by atoms with Crippen LogP contribution in [0.5, 0.6) is 0 Å². The minimum Gasteiger partial charge on any atom is -0.461 e. The van der Waals surface area contributed by atoms with Crippen LogP contribution in [0.15, 0.2) is 42.6 Å². The van der Waals surface area contributed by atoms with E-state index >= 15 is 0 Å². The van der Waals surface area contributed by atoms with Gasteiger partial charge in [0.05, 0.1) is 17.0 Å². The molecule has 5 rings (SSSR count). The topological polar surface area (TPSA) is 112 Å². The molecule has 2 aromatic carbocycles. The van der Waals surface area contributed by atoms with E-state index in [1.54, 1.807) is 13.1 Å². The molecular formula is C23H22N4O5. The quantitative estimate of drug-likeness (QED) is 0.270. The first-order valence-corrected chi connectivity index (χ1v) is 10.6. The maximum absolute atomic E-state index is 12.9. The van der Waals surface area contributed by atoms with Gasteiger partial charge in [0.15, 0.2) is 11.2 Å². The third-order valence-electron chi connectivity index (χ3n) is 5.76. The Labute approximate surface area is 183 Å². The molecule has 1 N–H and O–H groups in total. The lowest BCUT2D eigenvalue weighted by molar-refractivity contribution is -0.383. The van der Waals surface area contributed by atoms with Gasteiger partial charge >= 0.3 is 5.97 Å². The summed E-state index contributed by atoms with van der Waals surface area (Å²) in [4.78, 5) is 28.8. The lowest BCUT2D eigenvalue weighted by Gasteiger charge is -2.24. The second-order valence-electron chi connectivity index (χ2n) is 7.70. The number of benzene rings is 2. The van der Waals surface area contributed by atoms with Crippen LogP contribution in [0.3, 0.4) is 0 Å². The van der Waals surface area contributed by atoms with E-state index in [1.807, 2.05) is 35.0 Å². The second-order valence-corrected chi connectivity index (χ2v) is 7.70. The zero-order chi connectivity index (χ0) is 22.2. The maximum Gasteiger partial charge on any atom is 0.357 e. The van der Waals surface area contributed by atoms with Crippen LogP contribution in [0, 0.1) is 10.1 Å². The number of non-ortho nitro benzene ring substituents is 1. The third kappa shape index (κ3) is 3.21. The number of fused-ring (bicyclic) bond motifs is 3. The second kappa shape index (κ2) is 8.08. The van der Waals surface area contributed by atoms with Crippen molar-refractivity contribution in [2.75, 3.05) is 13.2 Å². The van der Waals surface area contributed by atoms with Crippen LogP contribution in [0.25, 0.3) is 32.9 Å². The number of esters is 1. The molecule has 9 heteroatoms.